The quantitative estimate of drug-likeness (QED) is 0.878. The van der Waals surface area contributed by atoms with Crippen LogP contribution in [0, 0.1) is 6.92 Å². The summed E-state index contributed by atoms with van der Waals surface area (Å²) >= 11 is 0. The first-order chi connectivity index (χ1) is 9.60. The molecule has 1 aromatic heterocycles. The largest absolute Gasteiger partial charge is 0.483 e. The number of aliphatic hydroxyl groups excluding tert-OH is 1. The maximum absolute atomic E-state index is 9.77. The van der Waals surface area contributed by atoms with E-state index in [1.165, 1.54) is 0 Å². The molecule has 1 heterocycles. The van der Waals surface area contributed by atoms with Crippen molar-refractivity contribution in [2.45, 2.75) is 46.3 Å². The number of aromatic nitrogens is 2. The first-order valence-corrected chi connectivity index (χ1v) is 6.83. The van der Waals surface area contributed by atoms with Crippen molar-refractivity contribution in [2.24, 2.45) is 0 Å². The zero-order valence-corrected chi connectivity index (χ0v) is 12.1. The Balaban J connectivity index is 2.06. The normalized spacial score (nSPS) is 12.4. The predicted molar refractivity (Wildman–Crippen MR) is 74.4 cm³/mol. The molecule has 0 saturated heterocycles. The Labute approximate surface area is 118 Å². The fraction of sp³-hybridized carbons (Fsp3) is 0.467. The molecule has 0 aliphatic carbocycles. The van der Waals surface area contributed by atoms with Gasteiger partial charge in [-0.05, 0) is 32.4 Å². The summed E-state index contributed by atoms with van der Waals surface area (Å²) in [6.45, 7) is 5.96. The number of hydrogen-bond donors (Lipinski definition) is 1. The van der Waals surface area contributed by atoms with E-state index in [-0.39, 0.29) is 6.61 Å². The molecule has 0 saturated carbocycles. The minimum atomic E-state index is -0.580. The molecule has 2 rings (SSSR count). The molecule has 1 atom stereocenters. The Hall–Kier alpha value is -1.88. The van der Waals surface area contributed by atoms with Crippen LogP contribution in [0.3, 0.4) is 0 Å². The maximum Gasteiger partial charge on any atom is 0.264 e. The summed E-state index contributed by atoms with van der Waals surface area (Å²) in [5.41, 5.74) is 1.84. The average Bonchev–Trinajstić information content (AvgIpc) is 2.85. The van der Waals surface area contributed by atoms with Gasteiger partial charge in [-0.15, -0.1) is 0 Å². The van der Waals surface area contributed by atoms with Crippen LogP contribution < -0.4 is 4.74 Å². The summed E-state index contributed by atoms with van der Waals surface area (Å²) in [4.78, 5) is 4.24. The summed E-state index contributed by atoms with van der Waals surface area (Å²) in [6, 6.07) is 5.70. The van der Waals surface area contributed by atoms with E-state index >= 15 is 0 Å². The van der Waals surface area contributed by atoms with Gasteiger partial charge in [0.25, 0.3) is 5.89 Å². The second-order valence-corrected chi connectivity index (χ2v) is 4.86. The lowest BCUT2D eigenvalue weighted by Crippen LogP contribution is -2.02. The Morgan fingerprint density at radius 1 is 1.40 bits per heavy atom. The van der Waals surface area contributed by atoms with Crippen LogP contribution in [0.15, 0.2) is 22.7 Å². The molecular formula is C15H20N2O3. The van der Waals surface area contributed by atoms with Gasteiger partial charge < -0.3 is 14.4 Å². The summed E-state index contributed by atoms with van der Waals surface area (Å²) in [6.07, 6.45) is 1.19. The van der Waals surface area contributed by atoms with Gasteiger partial charge in [0.2, 0.25) is 0 Å². The third-order valence-electron chi connectivity index (χ3n) is 2.95. The molecular weight excluding hydrogens is 256 g/mol. The van der Waals surface area contributed by atoms with Crippen LogP contribution in [-0.4, -0.2) is 15.2 Å². The summed E-state index contributed by atoms with van der Waals surface area (Å²) in [5, 5.41) is 13.6. The molecule has 0 unspecified atom stereocenters. The van der Waals surface area contributed by atoms with Gasteiger partial charge >= 0.3 is 0 Å². The van der Waals surface area contributed by atoms with Crippen LogP contribution >= 0.6 is 0 Å². The molecule has 20 heavy (non-hydrogen) atoms. The third kappa shape index (κ3) is 3.57. The predicted octanol–water partition coefficient (Wildman–Crippen LogP) is 2.96. The standard InChI is InChI=1S/C15H20N2O3/c1-4-5-14-16-15(20-17-14)9-19-13-7-6-10(2)8-12(13)11(3)18/h6-8,11,18H,4-5,9H2,1-3H3/t11-/m0/s1. The highest BCUT2D eigenvalue weighted by Crippen LogP contribution is 2.26. The summed E-state index contributed by atoms with van der Waals surface area (Å²) in [5.74, 6) is 1.79. The highest BCUT2D eigenvalue weighted by atomic mass is 16.5. The first-order valence-electron chi connectivity index (χ1n) is 6.83. The van der Waals surface area contributed by atoms with Crippen LogP contribution in [0.5, 0.6) is 5.75 Å². The van der Waals surface area contributed by atoms with Crippen molar-refractivity contribution >= 4 is 0 Å². The zero-order valence-electron chi connectivity index (χ0n) is 12.1. The minimum absolute atomic E-state index is 0.208. The molecule has 5 nitrogen and oxygen atoms in total. The van der Waals surface area contributed by atoms with E-state index in [4.69, 9.17) is 9.26 Å². The van der Waals surface area contributed by atoms with Gasteiger partial charge in [-0.2, -0.15) is 4.98 Å². The number of aliphatic hydroxyl groups is 1. The Bertz CT molecular complexity index is 564. The SMILES string of the molecule is CCCc1noc(COc2ccc(C)cc2[C@H](C)O)n1. The fourth-order valence-corrected chi connectivity index (χ4v) is 1.94. The molecule has 0 radical (unpaired) electrons. The molecule has 0 bridgehead atoms. The third-order valence-corrected chi connectivity index (χ3v) is 2.95. The van der Waals surface area contributed by atoms with Crippen LogP contribution in [0.2, 0.25) is 0 Å². The fourth-order valence-electron chi connectivity index (χ4n) is 1.94. The number of aryl methyl sites for hydroxylation is 2. The van der Waals surface area contributed by atoms with E-state index in [1.807, 2.05) is 25.1 Å². The Morgan fingerprint density at radius 2 is 2.20 bits per heavy atom. The van der Waals surface area contributed by atoms with Crippen molar-refractivity contribution in [3.8, 4) is 5.75 Å². The summed E-state index contributed by atoms with van der Waals surface area (Å²) < 4.78 is 10.8. The molecule has 0 amide bonds. The van der Waals surface area contributed by atoms with Crippen molar-refractivity contribution < 1.29 is 14.4 Å². The van der Waals surface area contributed by atoms with E-state index in [9.17, 15) is 5.11 Å². The van der Waals surface area contributed by atoms with Gasteiger partial charge in [0, 0.05) is 12.0 Å². The molecule has 0 spiro atoms. The smallest absolute Gasteiger partial charge is 0.264 e. The van der Waals surface area contributed by atoms with Gasteiger partial charge in [-0.3, -0.25) is 0 Å². The molecule has 2 aromatic rings. The lowest BCUT2D eigenvalue weighted by atomic mass is 10.1. The van der Waals surface area contributed by atoms with Crippen LogP contribution in [-0.2, 0) is 13.0 Å². The van der Waals surface area contributed by atoms with E-state index in [1.54, 1.807) is 6.92 Å². The van der Waals surface area contributed by atoms with Gasteiger partial charge in [0.1, 0.15) is 5.75 Å². The van der Waals surface area contributed by atoms with Crippen LogP contribution in [0.4, 0.5) is 0 Å². The number of hydrogen-bond acceptors (Lipinski definition) is 5. The average molecular weight is 276 g/mol. The lowest BCUT2D eigenvalue weighted by Gasteiger charge is -2.13. The molecule has 1 N–H and O–H groups in total. The van der Waals surface area contributed by atoms with Gasteiger partial charge in [0.15, 0.2) is 12.4 Å². The van der Waals surface area contributed by atoms with Crippen molar-refractivity contribution in [3.05, 3.63) is 41.0 Å². The van der Waals surface area contributed by atoms with Crippen LogP contribution in [0.1, 0.15) is 49.2 Å². The molecule has 0 aliphatic rings. The molecule has 108 valence electrons. The monoisotopic (exact) mass is 276 g/mol. The number of rotatable bonds is 6. The summed E-state index contributed by atoms with van der Waals surface area (Å²) in [7, 11) is 0. The zero-order chi connectivity index (χ0) is 14.5. The van der Waals surface area contributed by atoms with E-state index < -0.39 is 6.10 Å². The molecule has 0 fully saturated rings. The van der Waals surface area contributed by atoms with Crippen molar-refractivity contribution in [2.75, 3.05) is 0 Å². The van der Waals surface area contributed by atoms with E-state index in [2.05, 4.69) is 17.1 Å². The van der Waals surface area contributed by atoms with Crippen molar-refractivity contribution in [1.82, 2.24) is 10.1 Å². The second kappa shape index (κ2) is 6.52. The number of ether oxygens (including phenoxy) is 1. The second-order valence-electron chi connectivity index (χ2n) is 4.86. The molecule has 5 heteroatoms. The highest BCUT2D eigenvalue weighted by Gasteiger charge is 2.12. The highest BCUT2D eigenvalue weighted by molar-refractivity contribution is 5.38. The molecule has 1 aromatic carbocycles. The maximum atomic E-state index is 9.77. The van der Waals surface area contributed by atoms with Gasteiger partial charge in [-0.1, -0.05) is 23.7 Å². The lowest BCUT2D eigenvalue weighted by molar-refractivity contribution is 0.185. The molecule has 0 aliphatic heterocycles. The van der Waals surface area contributed by atoms with Crippen LogP contribution in [0.25, 0.3) is 0 Å². The van der Waals surface area contributed by atoms with E-state index in [0.717, 1.165) is 24.0 Å². The Morgan fingerprint density at radius 3 is 2.90 bits per heavy atom. The van der Waals surface area contributed by atoms with E-state index in [0.29, 0.717) is 17.5 Å². The first kappa shape index (κ1) is 14.5. The van der Waals surface area contributed by atoms with Crippen molar-refractivity contribution in [3.63, 3.8) is 0 Å². The van der Waals surface area contributed by atoms with Gasteiger partial charge in [-0.25, -0.2) is 0 Å². The topological polar surface area (TPSA) is 68.4 Å². The Kier molecular flexibility index (Phi) is 4.74. The number of benzene rings is 1. The number of nitrogens with zero attached hydrogens (tertiary/aromatic N) is 2. The van der Waals surface area contributed by atoms with Crippen molar-refractivity contribution in [1.29, 1.82) is 0 Å². The minimum Gasteiger partial charge on any atom is -0.483 e. The van der Waals surface area contributed by atoms with Gasteiger partial charge in [0.05, 0.1) is 6.10 Å².